The van der Waals surface area contributed by atoms with Crippen LogP contribution < -0.4 is 0 Å². The number of ether oxygens (including phenoxy) is 1. The van der Waals surface area contributed by atoms with E-state index in [4.69, 9.17) is 14.3 Å². The lowest BCUT2D eigenvalue weighted by Crippen LogP contribution is -1.98. The van der Waals surface area contributed by atoms with E-state index in [0.717, 1.165) is 31.2 Å². The average molecular weight is 197 g/mol. The third-order valence-corrected chi connectivity index (χ3v) is 2.47. The lowest BCUT2D eigenvalue weighted by molar-refractivity contribution is 0.193. The summed E-state index contributed by atoms with van der Waals surface area (Å²) in [4.78, 5) is 4.37. The van der Waals surface area contributed by atoms with Gasteiger partial charge >= 0.3 is 0 Å². The van der Waals surface area contributed by atoms with E-state index in [2.05, 4.69) is 4.98 Å². The first kappa shape index (κ1) is 9.68. The molecule has 2 rings (SSSR count). The topological polar surface area (TPSA) is 55.5 Å². The van der Waals surface area contributed by atoms with E-state index in [0.29, 0.717) is 18.8 Å². The van der Waals surface area contributed by atoms with Crippen molar-refractivity contribution in [1.29, 1.82) is 0 Å². The van der Waals surface area contributed by atoms with Crippen molar-refractivity contribution in [3.63, 3.8) is 0 Å². The highest BCUT2D eigenvalue weighted by Crippen LogP contribution is 2.24. The van der Waals surface area contributed by atoms with Gasteiger partial charge in [-0.25, -0.2) is 4.98 Å². The van der Waals surface area contributed by atoms with Gasteiger partial charge in [0.15, 0.2) is 5.89 Å². The Balaban J connectivity index is 1.94. The zero-order valence-corrected chi connectivity index (χ0v) is 8.11. The van der Waals surface area contributed by atoms with E-state index in [9.17, 15) is 0 Å². The fourth-order valence-corrected chi connectivity index (χ4v) is 1.63. The van der Waals surface area contributed by atoms with Crippen LogP contribution in [0.3, 0.4) is 0 Å². The summed E-state index contributed by atoms with van der Waals surface area (Å²) in [5.41, 5.74) is 0.996. The van der Waals surface area contributed by atoms with Gasteiger partial charge in [-0.1, -0.05) is 0 Å². The van der Waals surface area contributed by atoms with Crippen LogP contribution in [0.4, 0.5) is 0 Å². The standard InChI is InChI=1S/C10H15NO3/c12-4-1-2-10-11-9(7-14-10)8-3-5-13-6-8/h7-8,12H,1-6H2. The molecule has 0 bridgehead atoms. The van der Waals surface area contributed by atoms with E-state index in [1.807, 2.05) is 0 Å². The molecule has 78 valence electrons. The van der Waals surface area contributed by atoms with Gasteiger partial charge in [-0.3, -0.25) is 0 Å². The Morgan fingerprint density at radius 2 is 2.50 bits per heavy atom. The molecular weight excluding hydrogens is 182 g/mol. The van der Waals surface area contributed by atoms with Gasteiger partial charge in [0.1, 0.15) is 6.26 Å². The van der Waals surface area contributed by atoms with E-state index in [-0.39, 0.29) is 6.61 Å². The number of rotatable bonds is 4. The molecule has 2 heterocycles. The minimum Gasteiger partial charge on any atom is -0.449 e. The Kier molecular flexibility index (Phi) is 3.16. The Bertz CT molecular complexity index is 279. The molecule has 0 saturated carbocycles. The second-order valence-electron chi connectivity index (χ2n) is 3.55. The van der Waals surface area contributed by atoms with Crippen molar-refractivity contribution in [3.8, 4) is 0 Å². The Hall–Kier alpha value is -0.870. The number of aromatic nitrogens is 1. The van der Waals surface area contributed by atoms with Gasteiger partial charge in [-0.2, -0.15) is 0 Å². The average Bonchev–Trinajstić information content (AvgIpc) is 2.85. The molecule has 1 aromatic heterocycles. The summed E-state index contributed by atoms with van der Waals surface area (Å²) in [6.07, 6.45) is 4.17. The lowest BCUT2D eigenvalue weighted by atomic mass is 10.1. The van der Waals surface area contributed by atoms with Crippen LogP contribution in [0.25, 0.3) is 0 Å². The fraction of sp³-hybridized carbons (Fsp3) is 0.700. The summed E-state index contributed by atoms with van der Waals surface area (Å²) in [5, 5.41) is 8.66. The lowest BCUT2D eigenvalue weighted by Gasteiger charge is -1.99. The Morgan fingerprint density at radius 1 is 1.57 bits per heavy atom. The maximum absolute atomic E-state index is 8.66. The molecule has 4 heteroatoms. The smallest absolute Gasteiger partial charge is 0.194 e. The zero-order chi connectivity index (χ0) is 9.80. The molecular formula is C10H15NO3. The number of hydrogen-bond acceptors (Lipinski definition) is 4. The van der Waals surface area contributed by atoms with Crippen molar-refractivity contribution in [2.24, 2.45) is 0 Å². The molecule has 0 amide bonds. The van der Waals surface area contributed by atoms with Crippen LogP contribution in [-0.4, -0.2) is 29.9 Å². The predicted molar refractivity (Wildman–Crippen MR) is 50.1 cm³/mol. The molecule has 1 unspecified atom stereocenters. The van der Waals surface area contributed by atoms with Gasteiger partial charge in [-0.05, 0) is 12.8 Å². The highest BCUT2D eigenvalue weighted by molar-refractivity contribution is 5.05. The molecule has 1 atom stereocenters. The molecule has 1 aliphatic rings. The summed E-state index contributed by atoms with van der Waals surface area (Å²) in [5.74, 6) is 1.13. The van der Waals surface area contributed by atoms with Crippen LogP contribution in [-0.2, 0) is 11.2 Å². The first-order valence-electron chi connectivity index (χ1n) is 5.03. The highest BCUT2D eigenvalue weighted by Gasteiger charge is 2.20. The van der Waals surface area contributed by atoms with Crippen LogP contribution >= 0.6 is 0 Å². The maximum atomic E-state index is 8.66. The van der Waals surface area contributed by atoms with Gasteiger partial charge in [0.25, 0.3) is 0 Å². The van der Waals surface area contributed by atoms with Crippen molar-refractivity contribution in [2.75, 3.05) is 19.8 Å². The number of hydrogen-bond donors (Lipinski definition) is 1. The quantitative estimate of drug-likeness (QED) is 0.785. The number of oxazole rings is 1. The first-order chi connectivity index (χ1) is 6.90. The van der Waals surface area contributed by atoms with E-state index >= 15 is 0 Å². The monoisotopic (exact) mass is 197 g/mol. The summed E-state index contributed by atoms with van der Waals surface area (Å²) in [6, 6.07) is 0. The minimum absolute atomic E-state index is 0.185. The molecule has 0 radical (unpaired) electrons. The van der Waals surface area contributed by atoms with Crippen LogP contribution in [0.1, 0.15) is 30.3 Å². The zero-order valence-electron chi connectivity index (χ0n) is 8.11. The number of aryl methyl sites for hydroxylation is 1. The van der Waals surface area contributed by atoms with Crippen molar-refractivity contribution in [2.45, 2.75) is 25.2 Å². The minimum atomic E-state index is 0.185. The second kappa shape index (κ2) is 4.57. The molecule has 0 aromatic carbocycles. The number of aliphatic hydroxyl groups is 1. The maximum Gasteiger partial charge on any atom is 0.194 e. The second-order valence-corrected chi connectivity index (χ2v) is 3.55. The van der Waals surface area contributed by atoms with Crippen LogP contribution in [0.15, 0.2) is 10.7 Å². The first-order valence-corrected chi connectivity index (χ1v) is 5.03. The van der Waals surface area contributed by atoms with Gasteiger partial charge in [0.05, 0.1) is 12.3 Å². The third kappa shape index (κ3) is 2.13. The predicted octanol–water partition coefficient (Wildman–Crippen LogP) is 1.10. The summed E-state index contributed by atoms with van der Waals surface area (Å²) < 4.78 is 10.6. The fourth-order valence-electron chi connectivity index (χ4n) is 1.63. The van der Waals surface area contributed by atoms with Crippen molar-refractivity contribution < 1.29 is 14.3 Å². The van der Waals surface area contributed by atoms with Gasteiger partial charge in [0.2, 0.25) is 0 Å². The summed E-state index contributed by atoms with van der Waals surface area (Å²) in [7, 11) is 0. The van der Waals surface area contributed by atoms with Crippen molar-refractivity contribution >= 4 is 0 Å². The molecule has 1 saturated heterocycles. The van der Waals surface area contributed by atoms with Gasteiger partial charge < -0.3 is 14.3 Å². The molecule has 14 heavy (non-hydrogen) atoms. The summed E-state index contributed by atoms with van der Waals surface area (Å²) >= 11 is 0. The number of nitrogens with zero attached hydrogens (tertiary/aromatic N) is 1. The van der Waals surface area contributed by atoms with Crippen LogP contribution in [0.5, 0.6) is 0 Å². The molecule has 1 aromatic rings. The molecule has 0 aliphatic carbocycles. The highest BCUT2D eigenvalue weighted by atomic mass is 16.5. The molecule has 1 fully saturated rings. The molecule has 4 nitrogen and oxygen atoms in total. The SMILES string of the molecule is OCCCc1nc(C2CCOC2)co1. The van der Waals surface area contributed by atoms with Crippen molar-refractivity contribution in [3.05, 3.63) is 17.8 Å². The van der Waals surface area contributed by atoms with Crippen molar-refractivity contribution in [1.82, 2.24) is 4.98 Å². The normalized spacial score (nSPS) is 21.6. The van der Waals surface area contributed by atoms with E-state index < -0.39 is 0 Å². The van der Waals surface area contributed by atoms with Gasteiger partial charge in [0, 0.05) is 25.6 Å². The van der Waals surface area contributed by atoms with Gasteiger partial charge in [-0.15, -0.1) is 0 Å². The van der Waals surface area contributed by atoms with Crippen LogP contribution in [0.2, 0.25) is 0 Å². The Labute approximate surface area is 82.9 Å². The number of aliphatic hydroxyl groups excluding tert-OH is 1. The molecule has 0 spiro atoms. The summed E-state index contributed by atoms with van der Waals surface area (Å²) in [6.45, 7) is 1.76. The Morgan fingerprint density at radius 3 is 3.21 bits per heavy atom. The van der Waals surface area contributed by atoms with Crippen LogP contribution in [0, 0.1) is 0 Å². The van der Waals surface area contributed by atoms with E-state index in [1.54, 1.807) is 6.26 Å². The largest absolute Gasteiger partial charge is 0.449 e. The third-order valence-electron chi connectivity index (χ3n) is 2.47. The molecule has 1 N–H and O–H groups in total. The van der Waals surface area contributed by atoms with E-state index in [1.165, 1.54) is 0 Å². The molecule has 1 aliphatic heterocycles.